The van der Waals surface area contributed by atoms with E-state index in [0.717, 1.165) is 12.6 Å². The fourth-order valence-electron chi connectivity index (χ4n) is 2.71. The first kappa shape index (κ1) is 21.4. The summed E-state index contributed by atoms with van der Waals surface area (Å²) in [6.45, 7) is 15.0. The van der Waals surface area contributed by atoms with Crippen LogP contribution in [-0.4, -0.2) is 72.9 Å². The zero-order valence-corrected chi connectivity index (χ0v) is 15.3. The second-order valence-electron chi connectivity index (χ2n) is 6.86. The average Bonchev–Trinajstić information content (AvgIpc) is 2.48. The molecular formula is C17H36N2O3. The van der Waals surface area contributed by atoms with E-state index in [-0.39, 0.29) is 5.60 Å². The number of carbonyl (C=O) groups is 1. The lowest BCUT2D eigenvalue weighted by atomic mass is 9.92. The fraction of sp³-hybridized carbons (Fsp3) is 0.941. The van der Waals surface area contributed by atoms with Gasteiger partial charge in [0.15, 0.2) is 0 Å². The molecule has 0 aromatic rings. The zero-order chi connectivity index (χ0) is 17.2. The summed E-state index contributed by atoms with van der Waals surface area (Å²) < 4.78 is 4.55. The number of rotatable bonds is 2. The van der Waals surface area contributed by atoms with E-state index >= 15 is 0 Å². The Morgan fingerprint density at radius 3 is 2.27 bits per heavy atom. The van der Waals surface area contributed by atoms with Gasteiger partial charge in [0.1, 0.15) is 5.60 Å². The zero-order valence-electron chi connectivity index (χ0n) is 15.3. The third-order valence-electron chi connectivity index (χ3n) is 3.87. The number of likely N-dealkylation sites (N-methyl/N-ethyl adjacent to an activating group) is 1. The van der Waals surface area contributed by atoms with E-state index in [1.807, 2.05) is 34.6 Å². The molecule has 2 heterocycles. The van der Waals surface area contributed by atoms with Gasteiger partial charge in [0.05, 0.1) is 0 Å². The third kappa shape index (κ3) is 8.71. The Morgan fingerprint density at radius 1 is 1.18 bits per heavy atom. The van der Waals surface area contributed by atoms with Crippen molar-refractivity contribution in [1.29, 1.82) is 0 Å². The van der Waals surface area contributed by atoms with Crippen LogP contribution in [0.2, 0.25) is 0 Å². The first-order valence-corrected chi connectivity index (χ1v) is 8.50. The van der Waals surface area contributed by atoms with Gasteiger partial charge >= 0.3 is 0 Å². The maximum Gasteiger partial charge on any atom is 0.293 e. The lowest BCUT2D eigenvalue weighted by Gasteiger charge is -2.45. The second-order valence-corrected chi connectivity index (χ2v) is 6.86. The minimum atomic E-state index is -0.318. The monoisotopic (exact) mass is 316 g/mol. The smallest absolute Gasteiger partial charge is 0.293 e. The van der Waals surface area contributed by atoms with Gasteiger partial charge < -0.3 is 14.7 Å². The molecule has 132 valence electrons. The maximum atomic E-state index is 9.60. The highest BCUT2D eigenvalue weighted by Crippen LogP contribution is 2.24. The number of aliphatic hydroxyl groups is 1. The summed E-state index contributed by atoms with van der Waals surface area (Å²) >= 11 is 0. The molecule has 0 radical (unpaired) electrons. The molecule has 5 nitrogen and oxygen atoms in total. The van der Waals surface area contributed by atoms with Crippen LogP contribution in [0.4, 0.5) is 0 Å². The predicted octanol–water partition coefficient (Wildman–Crippen LogP) is 1.99. The van der Waals surface area contributed by atoms with Gasteiger partial charge in [-0.15, -0.1) is 0 Å². The highest BCUT2D eigenvalue weighted by molar-refractivity contribution is 5.37. The van der Waals surface area contributed by atoms with Gasteiger partial charge in [-0.2, -0.15) is 0 Å². The lowest BCUT2D eigenvalue weighted by molar-refractivity contribution is -0.138. The summed E-state index contributed by atoms with van der Waals surface area (Å²) in [6.07, 6.45) is 2.49. The van der Waals surface area contributed by atoms with Crippen LogP contribution >= 0.6 is 0 Å². The van der Waals surface area contributed by atoms with E-state index < -0.39 is 0 Å². The first-order valence-electron chi connectivity index (χ1n) is 8.50. The van der Waals surface area contributed by atoms with Crippen molar-refractivity contribution < 1.29 is 14.6 Å². The van der Waals surface area contributed by atoms with Crippen LogP contribution in [0, 0.1) is 5.92 Å². The van der Waals surface area contributed by atoms with Crippen molar-refractivity contribution in [3.05, 3.63) is 0 Å². The molecule has 0 aromatic carbocycles. The Labute approximate surface area is 136 Å². The molecule has 1 N–H and O–H groups in total. The fourth-order valence-corrected chi connectivity index (χ4v) is 2.71. The molecule has 0 saturated carbocycles. The van der Waals surface area contributed by atoms with E-state index in [0.29, 0.717) is 19.0 Å². The molecular weight excluding hydrogens is 280 g/mol. The number of hydrogen-bond donors (Lipinski definition) is 1. The Bertz CT molecular complexity index is 292. The molecule has 2 atom stereocenters. The molecule has 0 spiro atoms. The summed E-state index contributed by atoms with van der Waals surface area (Å²) in [6, 6.07) is 0.765. The molecule has 2 rings (SSSR count). The van der Waals surface area contributed by atoms with E-state index in [9.17, 15) is 4.79 Å². The number of hydrogen-bond acceptors (Lipinski definition) is 5. The molecule has 2 aliphatic rings. The Morgan fingerprint density at radius 2 is 1.82 bits per heavy atom. The van der Waals surface area contributed by atoms with E-state index in [1.54, 1.807) is 0 Å². The highest BCUT2D eigenvalue weighted by Gasteiger charge is 2.31. The van der Waals surface area contributed by atoms with Crippen LogP contribution in [0.25, 0.3) is 0 Å². The largest absolute Gasteiger partial charge is 0.462 e. The van der Waals surface area contributed by atoms with Crippen molar-refractivity contribution in [2.75, 3.05) is 39.8 Å². The molecule has 0 aliphatic carbocycles. The van der Waals surface area contributed by atoms with Crippen molar-refractivity contribution in [2.45, 2.75) is 59.1 Å². The van der Waals surface area contributed by atoms with Gasteiger partial charge in [-0.05, 0) is 46.6 Å². The number of fused-ring (bicyclic) bond motifs is 1. The topological polar surface area (TPSA) is 53.0 Å². The van der Waals surface area contributed by atoms with Crippen LogP contribution < -0.4 is 0 Å². The minimum absolute atomic E-state index is 0.318. The van der Waals surface area contributed by atoms with Crippen molar-refractivity contribution in [3.63, 3.8) is 0 Å². The summed E-state index contributed by atoms with van der Waals surface area (Å²) in [5.41, 5.74) is -0.318. The third-order valence-corrected chi connectivity index (χ3v) is 3.87. The quantitative estimate of drug-likeness (QED) is 0.790. The summed E-state index contributed by atoms with van der Waals surface area (Å²) in [4.78, 5) is 14.6. The van der Waals surface area contributed by atoms with Crippen molar-refractivity contribution >= 4 is 6.47 Å². The highest BCUT2D eigenvalue weighted by atomic mass is 16.5. The van der Waals surface area contributed by atoms with Crippen LogP contribution in [0.1, 0.15) is 47.5 Å². The summed E-state index contributed by atoms with van der Waals surface area (Å²) in [7, 11) is 2.20. The predicted molar refractivity (Wildman–Crippen MR) is 90.9 cm³/mol. The number of carbonyl (C=O) groups excluding carboxylic acids is 1. The SMILES string of the molecule is CC.CC(C)(C)OC=O.CN1CCN2CC(CO)CCC2C1. The molecule has 5 heteroatoms. The molecule has 0 amide bonds. The lowest BCUT2D eigenvalue weighted by Crippen LogP contribution is -2.55. The van der Waals surface area contributed by atoms with Crippen LogP contribution in [0.5, 0.6) is 0 Å². The van der Waals surface area contributed by atoms with E-state index in [1.165, 1.54) is 32.5 Å². The van der Waals surface area contributed by atoms with Crippen LogP contribution in [0.15, 0.2) is 0 Å². The van der Waals surface area contributed by atoms with Crippen LogP contribution in [-0.2, 0) is 9.53 Å². The Balaban J connectivity index is 0.000000421. The number of ether oxygens (including phenoxy) is 1. The number of nitrogens with zero attached hydrogens (tertiary/aromatic N) is 2. The molecule has 2 unspecified atom stereocenters. The Kier molecular flexibility index (Phi) is 10.6. The molecule has 2 fully saturated rings. The van der Waals surface area contributed by atoms with Gasteiger partial charge in [-0.3, -0.25) is 9.69 Å². The maximum absolute atomic E-state index is 9.60. The van der Waals surface area contributed by atoms with Gasteiger partial charge in [0.2, 0.25) is 0 Å². The molecule has 0 aromatic heterocycles. The number of piperidine rings is 1. The number of aliphatic hydroxyl groups excluding tert-OH is 1. The van der Waals surface area contributed by atoms with Gasteiger partial charge in [0, 0.05) is 38.8 Å². The van der Waals surface area contributed by atoms with Crippen molar-refractivity contribution in [3.8, 4) is 0 Å². The summed E-state index contributed by atoms with van der Waals surface area (Å²) in [5, 5.41) is 9.10. The van der Waals surface area contributed by atoms with Crippen LogP contribution in [0.3, 0.4) is 0 Å². The first-order chi connectivity index (χ1) is 10.4. The Hall–Kier alpha value is -0.650. The van der Waals surface area contributed by atoms with Crippen molar-refractivity contribution in [2.24, 2.45) is 5.92 Å². The van der Waals surface area contributed by atoms with Gasteiger partial charge in [-0.25, -0.2) is 0 Å². The second kappa shape index (κ2) is 11.0. The van der Waals surface area contributed by atoms with Gasteiger partial charge in [0.25, 0.3) is 6.47 Å². The molecule has 22 heavy (non-hydrogen) atoms. The molecule has 0 bridgehead atoms. The molecule has 2 aliphatic heterocycles. The summed E-state index contributed by atoms with van der Waals surface area (Å²) in [5.74, 6) is 0.541. The van der Waals surface area contributed by atoms with Crippen molar-refractivity contribution in [1.82, 2.24) is 9.80 Å². The van der Waals surface area contributed by atoms with E-state index in [2.05, 4.69) is 21.6 Å². The average molecular weight is 316 g/mol. The van der Waals surface area contributed by atoms with E-state index in [4.69, 9.17) is 5.11 Å². The minimum Gasteiger partial charge on any atom is -0.462 e. The normalized spacial score (nSPS) is 25.8. The van der Waals surface area contributed by atoms with Gasteiger partial charge in [-0.1, -0.05) is 13.8 Å². The number of piperazine rings is 1. The standard InChI is InChI=1S/C10H20N2O.C5H10O2.C2H6/c1-11-4-5-12-6-9(8-13)2-3-10(12)7-11;1-5(2,3)7-4-6;1-2/h9-10,13H,2-8H2,1H3;4H,1-3H3;1-2H3. The molecule has 2 saturated heterocycles.